The molecule has 1 saturated heterocycles. The van der Waals surface area contributed by atoms with E-state index in [9.17, 15) is 28.8 Å². The molecule has 0 saturated carbocycles. The van der Waals surface area contributed by atoms with Gasteiger partial charge in [0.2, 0.25) is 0 Å². The number of aliphatic hydroxyl groups excluding tert-OH is 2. The molecule has 0 amide bonds. The molecule has 0 bridgehead atoms. The van der Waals surface area contributed by atoms with Gasteiger partial charge in [0.05, 0.1) is 66.0 Å². The molecule has 24 heteroatoms. The molecular formula is C88H127N9O15. The number of carboxylic acid groups (broad SMARTS) is 2. The van der Waals surface area contributed by atoms with Crippen molar-refractivity contribution in [2.24, 2.45) is 29.6 Å². The average Bonchev–Trinajstić information content (AvgIpc) is 1.72. The maximum Gasteiger partial charge on any atom is 0.309 e. The highest BCUT2D eigenvalue weighted by Gasteiger charge is 2.20. The summed E-state index contributed by atoms with van der Waals surface area (Å²) in [5.41, 5.74) is 8.55. The number of aliphatic hydroxyl groups is 2. The summed E-state index contributed by atoms with van der Waals surface area (Å²) in [5, 5.41) is 58.6. The molecular weight excluding hydrogens is 1420 g/mol. The van der Waals surface area contributed by atoms with Crippen LogP contribution in [0.4, 0.5) is 0 Å². The maximum absolute atomic E-state index is 12.1. The van der Waals surface area contributed by atoms with Crippen LogP contribution in [-0.2, 0) is 111 Å². The second-order valence-corrected chi connectivity index (χ2v) is 23.4. The van der Waals surface area contributed by atoms with Crippen molar-refractivity contribution in [3.05, 3.63) is 251 Å². The number of benzene rings is 6. The number of aromatic amines is 1. The minimum Gasteiger partial charge on any atom is -0.481 e. The lowest BCUT2D eigenvalue weighted by Crippen LogP contribution is -2.17. The van der Waals surface area contributed by atoms with Gasteiger partial charge in [0.15, 0.2) is 6.29 Å². The number of H-pyrrole nitrogens is 1. The Morgan fingerprint density at radius 3 is 1.04 bits per heavy atom. The number of nitrogens with one attached hydrogen (secondary N) is 1. The van der Waals surface area contributed by atoms with Crippen LogP contribution in [0.2, 0.25) is 0 Å². The number of carboxylic acids is 2. The Kier molecular flexibility index (Phi) is 67.1. The predicted molar refractivity (Wildman–Crippen MR) is 443 cm³/mol. The first-order chi connectivity index (χ1) is 51.7. The molecule has 10 rings (SSSR count). The van der Waals surface area contributed by atoms with Crippen molar-refractivity contribution in [3.8, 4) is 24.7 Å². The normalized spacial score (nSPS) is 11.9. The van der Waals surface area contributed by atoms with Crippen LogP contribution >= 0.6 is 0 Å². The zero-order chi connectivity index (χ0) is 79.4. The third kappa shape index (κ3) is 51.8. The van der Waals surface area contributed by atoms with Crippen molar-refractivity contribution in [2.45, 2.75) is 197 Å². The fourth-order valence-corrected chi connectivity index (χ4v) is 8.54. The van der Waals surface area contributed by atoms with Gasteiger partial charge in [0.25, 0.3) is 0 Å². The highest BCUT2D eigenvalue weighted by atomic mass is 16.6. The Balaban J connectivity index is -0.000000408. The highest BCUT2D eigenvalue weighted by Crippen LogP contribution is 2.15. The monoisotopic (exact) mass is 1550 g/mol. The van der Waals surface area contributed by atoms with Crippen molar-refractivity contribution in [1.82, 2.24) is 45.4 Å². The van der Waals surface area contributed by atoms with Gasteiger partial charge in [-0.05, 0) is 39.8 Å². The maximum atomic E-state index is 12.1. The highest BCUT2D eigenvalue weighted by molar-refractivity contribution is 5.73. The number of esters is 4. The number of hydrogen-bond donors (Lipinski definition) is 5. The zero-order valence-electron chi connectivity index (χ0n) is 63.4. The number of aromatic nitrogens is 9. The molecule has 1 fully saturated rings. The Bertz CT molecular complexity index is 3710. The van der Waals surface area contributed by atoms with Crippen LogP contribution in [0.25, 0.3) is 0 Å². The summed E-state index contributed by atoms with van der Waals surface area (Å²) in [5.74, 6) is 0.602. The number of carbonyl (C=O) groups excluding carboxylic acids is 4. The lowest BCUT2D eigenvalue weighted by atomic mass is 10.1. The molecule has 1 aliphatic heterocycles. The van der Waals surface area contributed by atoms with Gasteiger partial charge < -0.3 is 44.1 Å². The van der Waals surface area contributed by atoms with E-state index in [1.165, 1.54) is 13.1 Å². The molecule has 9 aromatic rings. The first kappa shape index (κ1) is 109. The van der Waals surface area contributed by atoms with E-state index in [-0.39, 0.29) is 78.8 Å². The number of aliphatic carboxylic acids is 2. The summed E-state index contributed by atoms with van der Waals surface area (Å²) >= 11 is 0. The van der Waals surface area contributed by atoms with Gasteiger partial charge in [-0.15, -0.1) is 34.9 Å². The van der Waals surface area contributed by atoms with E-state index in [4.69, 9.17) is 57.0 Å². The largest absolute Gasteiger partial charge is 0.481 e. The molecule has 1 unspecified atom stereocenters. The van der Waals surface area contributed by atoms with Crippen LogP contribution < -0.4 is 0 Å². The summed E-state index contributed by atoms with van der Waals surface area (Å²) in [6, 6.07) is 58.7. The fraction of sp³-hybridized carbons (Fsp3) is 0.409. The van der Waals surface area contributed by atoms with Crippen molar-refractivity contribution in [2.75, 3.05) is 13.7 Å². The van der Waals surface area contributed by atoms with Gasteiger partial charge in [-0.25, -0.2) is 9.36 Å². The zero-order valence-corrected chi connectivity index (χ0v) is 63.4. The molecule has 0 spiro atoms. The van der Waals surface area contributed by atoms with Crippen molar-refractivity contribution < 1.29 is 72.9 Å². The first-order valence-electron chi connectivity index (χ1n) is 35.3. The SMILES string of the molecule is C.C.C.C.C.C#CC[C@H](C)C(=O)O.C#CC[C@H](C)C(=O)OCc1ccccc1.CC.CC.CC(=O)OCc1ccccc1.CO.C[C@@H](Cc1cn(Cc2ccccc2)nn1)C(=O)OCc1ccccc1.C[C@@H](Cc1cn(Cc2ccccc2)nn1)C(=O)OCc1ccccc1.C[C@@H](Cc1cn[nH]n1)C(=O)O.OC1CCCO1. The van der Waals surface area contributed by atoms with Gasteiger partial charge >= 0.3 is 35.8 Å². The molecule has 6 aromatic carbocycles. The molecule has 1 aliphatic rings. The number of terminal acetylenes is 2. The number of hydrogen-bond acceptors (Lipinski definition) is 19. The quantitative estimate of drug-likeness (QED) is 0.0202. The third-order valence-corrected chi connectivity index (χ3v) is 14.3. The third-order valence-electron chi connectivity index (χ3n) is 14.3. The number of rotatable bonds is 25. The molecule has 5 N–H and O–H groups in total. The van der Waals surface area contributed by atoms with Crippen LogP contribution in [0.15, 0.2) is 201 Å². The van der Waals surface area contributed by atoms with E-state index in [1.54, 1.807) is 30.1 Å². The Morgan fingerprint density at radius 2 is 0.777 bits per heavy atom. The van der Waals surface area contributed by atoms with Crippen molar-refractivity contribution in [1.29, 1.82) is 0 Å². The molecule has 0 aliphatic carbocycles. The van der Waals surface area contributed by atoms with E-state index in [1.807, 2.05) is 236 Å². The van der Waals surface area contributed by atoms with Gasteiger partial charge in [0, 0.05) is 71.6 Å². The van der Waals surface area contributed by atoms with Crippen LogP contribution in [0.5, 0.6) is 0 Å². The van der Waals surface area contributed by atoms with Crippen molar-refractivity contribution in [3.63, 3.8) is 0 Å². The Hall–Kier alpha value is -11.4. The summed E-state index contributed by atoms with van der Waals surface area (Å²) in [6.07, 6.45) is 18.8. The molecule has 112 heavy (non-hydrogen) atoms. The predicted octanol–water partition coefficient (Wildman–Crippen LogP) is 16.4. The van der Waals surface area contributed by atoms with Crippen LogP contribution in [0, 0.1) is 54.3 Å². The first-order valence-corrected chi connectivity index (χ1v) is 35.3. The standard InChI is InChI=1S/2C20H21N3O2.C13H14O2.C9H10O2.C6H9N3O2.C6H8O2.C4H8O2.2C2H6.CH4O.5CH4/c2*1-16(20(24)25-15-18-10-6-3-7-11-18)12-19-14-23(22-21-19)13-17-8-4-2-5-9-17;1-3-7-11(2)13(14)15-10-12-8-5-4-6-9-12;1-8(10)11-7-9-5-3-2-4-6-9;1-4(6(10)11)2-5-3-7-9-8-5;1-3-4-5(2)6(7)8;5-4-2-1-3-6-4;3*1-2;;;;;/h2*2-11,14,16H,12-13,15H2,1H3;1,4-6,8-9,11H,7,10H2,2H3;2-6H,7H2,1H3;3-4H,2H2,1H3,(H,10,11)(H,7,8,9);1,5H,4H2,2H3,(H,7,8);4-5H,1-3H2;2*1-2H3;2H,1H3;5*1H4/t2*16-;11-;;4-;5-;;;;;;;;;/m000.00........./s1. The van der Waals surface area contributed by atoms with E-state index < -0.39 is 30.1 Å². The lowest BCUT2D eigenvalue weighted by molar-refractivity contribution is -0.150. The van der Waals surface area contributed by atoms with Gasteiger partial charge in [-0.1, -0.05) is 292 Å². The summed E-state index contributed by atoms with van der Waals surface area (Å²) in [6.45, 7) is 21.4. The smallest absolute Gasteiger partial charge is 0.309 e. The summed E-state index contributed by atoms with van der Waals surface area (Å²) < 4.78 is 28.9. The fourth-order valence-electron chi connectivity index (χ4n) is 8.54. The Labute approximate surface area is 667 Å². The van der Waals surface area contributed by atoms with Gasteiger partial charge in [-0.2, -0.15) is 15.4 Å². The minimum atomic E-state index is -0.831. The van der Waals surface area contributed by atoms with Crippen LogP contribution in [-0.4, -0.2) is 122 Å². The lowest BCUT2D eigenvalue weighted by Gasteiger charge is -2.10. The second-order valence-electron chi connectivity index (χ2n) is 23.4. The van der Waals surface area contributed by atoms with Crippen molar-refractivity contribution >= 4 is 35.8 Å². The van der Waals surface area contributed by atoms with Crippen LogP contribution in [0.1, 0.15) is 183 Å². The number of ether oxygens (including phenoxy) is 5. The average molecular weight is 1550 g/mol. The summed E-state index contributed by atoms with van der Waals surface area (Å²) in [4.78, 5) is 66.4. The molecule has 0 radical (unpaired) electrons. The van der Waals surface area contributed by atoms with E-state index in [2.05, 4.69) is 47.9 Å². The topological polar surface area (TPSA) is 332 Å². The van der Waals surface area contributed by atoms with Gasteiger partial charge in [-0.3, -0.25) is 28.8 Å². The van der Waals surface area contributed by atoms with E-state index in [0.717, 1.165) is 71.3 Å². The van der Waals surface area contributed by atoms with E-state index >= 15 is 0 Å². The second kappa shape index (κ2) is 68.8. The minimum absolute atomic E-state index is 0. The Morgan fingerprint density at radius 1 is 0.473 bits per heavy atom. The number of nitrogens with zero attached hydrogens (tertiary/aromatic N) is 8. The van der Waals surface area contributed by atoms with Gasteiger partial charge in [0.1, 0.15) is 26.4 Å². The van der Waals surface area contributed by atoms with E-state index in [0.29, 0.717) is 77.3 Å². The number of carbonyl (C=O) groups is 6. The summed E-state index contributed by atoms with van der Waals surface area (Å²) in [7, 11) is 1.00. The molecule has 3 aromatic heterocycles. The molecule has 24 nitrogen and oxygen atoms in total. The van der Waals surface area contributed by atoms with Crippen LogP contribution in [0.3, 0.4) is 0 Å². The molecule has 614 valence electrons. The molecule has 4 heterocycles. The molecule has 6 atom stereocenters.